The van der Waals surface area contributed by atoms with E-state index in [0.29, 0.717) is 0 Å². The normalized spacial score (nSPS) is 22.3. The highest BCUT2D eigenvalue weighted by Gasteiger charge is 2.48. The summed E-state index contributed by atoms with van der Waals surface area (Å²) in [5, 5.41) is 141. The van der Waals surface area contributed by atoms with Crippen LogP contribution in [0.15, 0.2) is 66.7 Å². The Bertz CT molecular complexity index is 2190. The minimum Gasteiger partial charge on any atom is -0.508 e. The highest BCUT2D eigenvalue weighted by molar-refractivity contribution is 5.69. The molecule has 2 heterocycles. The zero-order valence-electron chi connectivity index (χ0n) is 25.9. The fraction of sp³-hybridized carbons (Fsp3) is 0.167. The van der Waals surface area contributed by atoms with Crippen LogP contribution in [0, 0.1) is 0 Å². The molecule has 2 aliphatic rings. The molecule has 0 bridgehead atoms. The van der Waals surface area contributed by atoms with Crippen LogP contribution >= 0.6 is 0 Å². The van der Waals surface area contributed by atoms with Crippen molar-refractivity contribution in [2.45, 2.75) is 36.3 Å². The van der Waals surface area contributed by atoms with Gasteiger partial charge in [-0.05, 0) is 35.4 Å². The smallest absolute Gasteiger partial charge is 0.157 e. The Hall–Kier alpha value is -6.58. The Balaban J connectivity index is 1.48. The van der Waals surface area contributed by atoms with Gasteiger partial charge in [-0.25, -0.2) is 0 Å². The molecule has 0 aliphatic carbocycles. The number of aliphatic hydroxyl groups is 2. The number of aromatic hydroxyl groups is 11. The highest BCUT2D eigenvalue weighted by atomic mass is 16.5. The molecule has 0 unspecified atom stereocenters. The summed E-state index contributed by atoms with van der Waals surface area (Å²) in [6, 6.07) is 11.9. The van der Waals surface area contributed by atoms with Crippen molar-refractivity contribution in [3.8, 4) is 74.7 Å². The maximum atomic E-state index is 12.1. The first-order chi connectivity index (χ1) is 24.2. The molecule has 0 radical (unpaired) electrons. The zero-order chi connectivity index (χ0) is 36.6. The van der Waals surface area contributed by atoms with Gasteiger partial charge in [0.25, 0.3) is 0 Å². The van der Waals surface area contributed by atoms with Crippen molar-refractivity contribution in [3.63, 3.8) is 0 Å². The second-order valence-electron chi connectivity index (χ2n) is 12.4. The minimum absolute atomic E-state index is 0.0905. The Morgan fingerprint density at radius 2 is 0.784 bits per heavy atom. The number of fused-ring (bicyclic) bond motifs is 2. The molecule has 0 saturated carbocycles. The van der Waals surface area contributed by atoms with Gasteiger partial charge >= 0.3 is 0 Å². The van der Waals surface area contributed by atoms with Crippen molar-refractivity contribution >= 4 is 0 Å². The highest BCUT2D eigenvalue weighted by Crippen LogP contribution is 2.60. The van der Waals surface area contributed by atoms with E-state index in [1.54, 1.807) is 0 Å². The third kappa shape index (κ3) is 5.22. The van der Waals surface area contributed by atoms with Crippen molar-refractivity contribution in [1.29, 1.82) is 0 Å². The fourth-order valence-electron chi connectivity index (χ4n) is 7.00. The molecule has 15 nitrogen and oxygen atoms in total. The van der Waals surface area contributed by atoms with E-state index in [2.05, 4.69) is 0 Å². The molecule has 2 aliphatic heterocycles. The third-order valence-electron chi connectivity index (χ3n) is 9.26. The lowest BCUT2D eigenvalue weighted by atomic mass is 9.74. The fourth-order valence-corrected chi connectivity index (χ4v) is 7.00. The molecule has 15 heteroatoms. The summed E-state index contributed by atoms with van der Waals surface area (Å²) in [7, 11) is 0. The molecule has 0 amide bonds. The molecule has 6 atom stereocenters. The van der Waals surface area contributed by atoms with E-state index in [4.69, 9.17) is 9.47 Å². The number of rotatable bonds is 4. The first kappa shape index (κ1) is 32.9. The van der Waals surface area contributed by atoms with Gasteiger partial charge in [0.1, 0.15) is 64.0 Å². The number of hydrogen-bond acceptors (Lipinski definition) is 15. The van der Waals surface area contributed by atoms with Gasteiger partial charge in [-0.15, -0.1) is 0 Å². The van der Waals surface area contributed by atoms with E-state index in [9.17, 15) is 66.4 Å². The van der Waals surface area contributed by atoms with E-state index in [1.807, 2.05) is 0 Å². The summed E-state index contributed by atoms with van der Waals surface area (Å²) in [5.41, 5.74) is -1.20. The van der Waals surface area contributed by atoms with Gasteiger partial charge in [0.15, 0.2) is 35.2 Å². The summed E-state index contributed by atoms with van der Waals surface area (Å²) in [6.45, 7) is 0. The van der Waals surface area contributed by atoms with Gasteiger partial charge in [0, 0.05) is 52.6 Å². The number of aliphatic hydroxyl groups excluding tert-OH is 2. The molecule has 264 valence electrons. The monoisotopic (exact) mass is 702 g/mol. The molecule has 5 aromatic rings. The zero-order valence-corrected chi connectivity index (χ0v) is 25.9. The lowest BCUT2D eigenvalue weighted by molar-refractivity contribution is 0.00313. The average Bonchev–Trinajstić information content (AvgIpc) is 3.05. The molecule has 0 spiro atoms. The van der Waals surface area contributed by atoms with E-state index in [1.165, 1.54) is 12.1 Å². The number of benzene rings is 5. The van der Waals surface area contributed by atoms with E-state index >= 15 is 0 Å². The maximum Gasteiger partial charge on any atom is 0.157 e. The third-order valence-corrected chi connectivity index (χ3v) is 9.26. The van der Waals surface area contributed by atoms with E-state index in [0.717, 1.165) is 54.6 Å². The molecule has 13 N–H and O–H groups in total. The van der Waals surface area contributed by atoms with Gasteiger partial charge in [-0.2, -0.15) is 0 Å². The first-order valence-corrected chi connectivity index (χ1v) is 15.3. The largest absolute Gasteiger partial charge is 0.508 e. The van der Waals surface area contributed by atoms with Crippen molar-refractivity contribution in [2.75, 3.05) is 0 Å². The van der Waals surface area contributed by atoms with Crippen LogP contribution in [0.5, 0.6) is 74.7 Å². The number of phenolic OH excluding ortho intramolecular Hbond substituents is 11. The summed E-state index contributed by atoms with van der Waals surface area (Å²) < 4.78 is 12.0. The lowest BCUT2D eigenvalue weighted by Crippen LogP contribution is -2.37. The van der Waals surface area contributed by atoms with Crippen molar-refractivity contribution in [3.05, 3.63) is 100 Å². The van der Waals surface area contributed by atoms with Crippen LogP contribution in [-0.2, 0) is 0 Å². The van der Waals surface area contributed by atoms with Crippen molar-refractivity contribution in [2.24, 2.45) is 0 Å². The van der Waals surface area contributed by atoms with Crippen LogP contribution in [0.25, 0.3) is 0 Å². The number of ether oxygens (including phenoxy) is 2. The van der Waals surface area contributed by atoms with Crippen molar-refractivity contribution in [1.82, 2.24) is 0 Å². The van der Waals surface area contributed by atoms with E-state index < -0.39 is 111 Å². The van der Waals surface area contributed by atoms with Gasteiger partial charge in [0.2, 0.25) is 0 Å². The molecule has 5 aromatic carbocycles. The molecular weight excluding hydrogens is 672 g/mol. The molecule has 0 aromatic heterocycles. The minimum atomic E-state index is -1.81. The predicted octanol–water partition coefficient (Wildman–Crippen LogP) is 3.70. The summed E-state index contributed by atoms with van der Waals surface area (Å²) >= 11 is 0. The van der Waals surface area contributed by atoms with Crippen LogP contribution in [0.1, 0.15) is 57.4 Å². The molecule has 7 rings (SSSR count). The Labute approximate surface area is 286 Å². The molecule has 51 heavy (non-hydrogen) atoms. The van der Waals surface area contributed by atoms with Crippen LogP contribution in [0.3, 0.4) is 0 Å². The van der Waals surface area contributed by atoms with Gasteiger partial charge in [0.05, 0.1) is 11.8 Å². The van der Waals surface area contributed by atoms with Crippen molar-refractivity contribution < 1.29 is 75.9 Å². The van der Waals surface area contributed by atoms with E-state index in [-0.39, 0.29) is 33.8 Å². The standard InChI is InChI=1S/C36H30O15/c37-14-7-20(43)26(21(44)8-14)30-29-25(51-35(33(30)48)12-1-3-16(39)18(41)5-12)11-23(46)28(32(29)47)31-27-22(45)9-15(38)10-24(27)50-36(34(31)49)13-2-4-17(40)19(42)6-13/h1-11,30-31,33-49H/t30-,31+,33+,34+,35+,36+/m0/s1. The molecule has 0 fully saturated rings. The SMILES string of the molecule is Oc1cc(O)c([C@H]2c3c(cc(O)c([C@H]4c5c(O)cc(O)cc5O[C@H](c5ccc(O)c(O)c5)[C@@H]4O)c3O)O[C@H](c3ccc(O)c(O)c3)[C@@H]2O)c(O)c1. The second-order valence-corrected chi connectivity index (χ2v) is 12.4. The second kappa shape index (κ2) is 11.8. The summed E-state index contributed by atoms with van der Waals surface area (Å²) in [6.07, 6.45) is -6.45. The summed E-state index contributed by atoms with van der Waals surface area (Å²) in [4.78, 5) is 0. The van der Waals surface area contributed by atoms with Crippen LogP contribution < -0.4 is 9.47 Å². The lowest BCUT2D eigenvalue weighted by Gasteiger charge is -2.41. The first-order valence-electron chi connectivity index (χ1n) is 15.3. The molecular formula is C36H30O15. The van der Waals surface area contributed by atoms with Crippen LogP contribution in [0.4, 0.5) is 0 Å². The number of phenols is 11. The average molecular weight is 703 g/mol. The number of hydrogen-bond donors (Lipinski definition) is 13. The Morgan fingerprint density at radius 3 is 1.27 bits per heavy atom. The van der Waals surface area contributed by atoms with Crippen LogP contribution in [0.2, 0.25) is 0 Å². The topological polar surface area (TPSA) is 281 Å². The quantitative estimate of drug-likeness (QED) is 0.119. The van der Waals surface area contributed by atoms with Crippen LogP contribution in [-0.4, -0.2) is 78.6 Å². The van der Waals surface area contributed by atoms with Gasteiger partial charge < -0.3 is 75.9 Å². The summed E-state index contributed by atoms with van der Waals surface area (Å²) in [5.74, 6) is -10.4. The maximum absolute atomic E-state index is 12.1. The van der Waals surface area contributed by atoms with Gasteiger partial charge in [-0.3, -0.25) is 0 Å². The predicted molar refractivity (Wildman–Crippen MR) is 173 cm³/mol. The Kier molecular flexibility index (Phi) is 7.61. The Morgan fingerprint density at radius 1 is 0.373 bits per heavy atom. The molecule has 0 saturated heterocycles. The van der Waals surface area contributed by atoms with Gasteiger partial charge in [-0.1, -0.05) is 12.1 Å².